The van der Waals surface area contributed by atoms with E-state index in [-0.39, 0.29) is 5.91 Å². The molecule has 1 atom stereocenters. The van der Waals surface area contributed by atoms with Gasteiger partial charge in [-0.25, -0.2) is 0 Å². The Bertz CT molecular complexity index is 112. The van der Waals surface area contributed by atoms with Gasteiger partial charge in [-0.15, -0.1) is 0 Å². The molecule has 0 aromatic carbocycles. The minimum atomic E-state index is 0.289. The zero-order valence-electron chi connectivity index (χ0n) is 9.35. The molecule has 0 spiro atoms. The van der Waals surface area contributed by atoms with Crippen molar-refractivity contribution in [2.45, 2.75) is 53.5 Å². The number of hydrogen-bond acceptors (Lipinski definition) is 1. The largest absolute Gasteiger partial charge is 0.343 e. The summed E-state index contributed by atoms with van der Waals surface area (Å²) >= 11 is 0. The first kappa shape index (κ1) is 14.0. The molecule has 1 aliphatic heterocycles. The van der Waals surface area contributed by atoms with Crippen LogP contribution in [0.25, 0.3) is 0 Å². The van der Waals surface area contributed by atoms with E-state index in [2.05, 4.69) is 6.92 Å². The molecule has 1 unspecified atom stereocenters. The Kier molecular flexibility index (Phi) is 10.0. The molecular formula is C10H23NO. The number of amides is 1. The summed E-state index contributed by atoms with van der Waals surface area (Å²) in [5.41, 5.74) is 0. The summed E-state index contributed by atoms with van der Waals surface area (Å²) < 4.78 is 0. The first-order valence-electron chi connectivity index (χ1n) is 4.97. The van der Waals surface area contributed by atoms with Crippen molar-refractivity contribution in [2.24, 2.45) is 0 Å². The fourth-order valence-electron chi connectivity index (χ4n) is 0.948. The number of rotatable bonds is 0. The first-order valence-corrected chi connectivity index (χ1v) is 4.97. The molecule has 0 saturated carbocycles. The fourth-order valence-corrected chi connectivity index (χ4v) is 0.948. The zero-order valence-corrected chi connectivity index (χ0v) is 9.35. The summed E-state index contributed by atoms with van der Waals surface area (Å²) in [5, 5.41) is 0. The molecule has 1 saturated heterocycles. The summed E-state index contributed by atoms with van der Waals surface area (Å²) in [4.78, 5) is 12.5. The van der Waals surface area contributed by atoms with Gasteiger partial charge >= 0.3 is 0 Å². The molecule has 0 aromatic heterocycles. The maximum atomic E-state index is 10.7. The number of carbonyl (C=O) groups excluding carboxylic acids is 1. The van der Waals surface area contributed by atoms with Gasteiger partial charge in [0.2, 0.25) is 5.91 Å². The van der Waals surface area contributed by atoms with E-state index in [0.717, 1.165) is 12.8 Å². The molecule has 0 bridgehead atoms. The molecule has 1 heterocycles. The van der Waals surface area contributed by atoms with Gasteiger partial charge < -0.3 is 4.90 Å². The Balaban J connectivity index is 0. The van der Waals surface area contributed by atoms with E-state index in [1.165, 1.54) is 0 Å². The highest BCUT2D eigenvalue weighted by Gasteiger charge is 2.22. The van der Waals surface area contributed by atoms with E-state index in [0.29, 0.717) is 6.04 Å². The van der Waals surface area contributed by atoms with Gasteiger partial charge in [-0.05, 0) is 13.3 Å². The molecule has 0 radical (unpaired) electrons. The van der Waals surface area contributed by atoms with Crippen LogP contribution < -0.4 is 0 Å². The lowest BCUT2D eigenvalue weighted by Crippen LogP contribution is -2.25. The van der Waals surface area contributed by atoms with Crippen molar-refractivity contribution < 1.29 is 4.79 Å². The van der Waals surface area contributed by atoms with Crippen LogP contribution in [0.5, 0.6) is 0 Å². The topological polar surface area (TPSA) is 20.3 Å². The number of hydrogen-bond donors (Lipinski definition) is 0. The SMILES string of the molecule is CC.CC.CC1CCC(=O)N1C. The van der Waals surface area contributed by atoms with Crippen LogP contribution in [0.4, 0.5) is 0 Å². The monoisotopic (exact) mass is 173 g/mol. The second-order valence-electron chi connectivity index (χ2n) is 2.39. The van der Waals surface area contributed by atoms with E-state index in [1.807, 2.05) is 34.7 Å². The average Bonchev–Trinajstić information content (AvgIpc) is 2.43. The number of carbonyl (C=O) groups is 1. The molecule has 0 aromatic rings. The lowest BCUT2D eigenvalue weighted by atomic mass is 10.2. The molecule has 2 heteroatoms. The summed E-state index contributed by atoms with van der Waals surface area (Å²) in [6, 6.07) is 0.475. The quantitative estimate of drug-likeness (QED) is 0.551. The molecule has 12 heavy (non-hydrogen) atoms. The van der Waals surface area contributed by atoms with Gasteiger partial charge in [0.1, 0.15) is 0 Å². The van der Waals surface area contributed by atoms with E-state index in [9.17, 15) is 4.79 Å². The average molecular weight is 173 g/mol. The zero-order chi connectivity index (χ0) is 10.1. The van der Waals surface area contributed by atoms with Crippen molar-refractivity contribution >= 4 is 5.91 Å². The lowest BCUT2D eigenvalue weighted by molar-refractivity contribution is -0.127. The Hall–Kier alpha value is -0.530. The summed E-state index contributed by atoms with van der Waals surface area (Å²) in [7, 11) is 1.86. The second kappa shape index (κ2) is 8.57. The minimum Gasteiger partial charge on any atom is -0.343 e. The fraction of sp³-hybridized carbons (Fsp3) is 0.900. The lowest BCUT2D eigenvalue weighted by Gasteiger charge is -2.13. The molecule has 0 aliphatic carbocycles. The van der Waals surface area contributed by atoms with Gasteiger partial charge in [-0.3, -0.25) is 4.79 Å². The minimum absolute atomic E-state index is 0.289. The third kappa shape index (κ3) is 4.37. The summed E-state index contributed by atoms with van der Waals surface area (Å²) in [6.45, 7) is 10.1. The predicted molar refractivity (Wildman–Crippen MR) is 54.2 cm³/mol. The van der Waals surface area contributed by atoms with Crippen LogP contribution in [-0.4, -0.2) is 23.9 Å². The van der Waals surface area contributed by atoms with Crippen LogP contribution in [0.15, 0.2) is 0 Å². The van der Waals surface area contributed by atoms with Crippen LogP contribution >= 0.6 is 0 Å². The Morgan fingerprint density at radius 2 is 1.67 bits per heavy atom. The van der Waals surface area contributed by atoms with Gasteiger partial charge in [0, 0.05) is 19.5 Å². The maximum Gasteiger partial charge on any atom is 0.222 e. The van der Waals surface area contributed by atoms with Gasteiger partial charge in [-0.1, -0.05) is 27.7 Å². The van der Waals surface area contributed by atoms with Gasteiger partial charge in [0.05, 0.1) is 0 Å². The molecular weight excluding hydrogens is 150 g/mol. The second-order valence-corrected chi connectivity index (χ2v) is 2.39. The van der Waals surface area contributed by atoms with Gasteiger partial charge in [-0.2, -0.15) is 0 Å². The predicted octanol–water partition coefficient (Wildman–Crippen LogP) is 2.68. The van der Waals surface area contributed by atoms with Crippen molar-refractivity contribution in [3.63, 3.8) is 0 Å². The van der Waals surface area contributed by atoms with E-state index < -0.39 is 0 Å². The van der Waals surface area contributed by atoms with Crippen LogP contribution in [0.1, 0.15) is 47.5 Å². The van der Waals surface area contributed by atoms with E-state index in [1.54, 1.807) is 4.90 Å². The van der Waals surface area contributed by atoms with Crippen molar-refractivity contribution in [1.29, 1.82) is 0 Å². The van der Waals surface area contributed by atoms with Crippen LogP contribution in [0.2, 0.25) is 0 Å². The van der Waals surface area contributed by atoms with Crippen LogP contribution in [0, 0.1) is 0 Å². The molecule has 0 N–H and O–H groups in total. The Labute approximate surface area is 77.0 Å². The smallest absolute Gasteiger partial charge is 0.222 e. The highest BCUT2D eigenvalue weighted by atomic mass is 16.2. The molecule has 1 fully saturated rings. The Morgan fingerprint density at radius 1 is 1.25 bits per heavy atom. The number of likely N-dealkylation sites (tertiary alicyclic amines) is 1. The molecule has 2 nitrogen and oxygen atoms in total. The van der Waals surface area contributed by atoms with Crippen molar-refractivity contribution in [2.75, 3.05) is 7.05 Å². The first-order chi connectivity index (χ1) is 5.72. The maximum absolute atomic E-state index is 10.7. The third-order valence-corrected chi connectivity index (χ3v) is 1.83. The standard InChI is InChI=1S/C6H11NO.2C2H6/c1-5-3-4-6(8)7(5)2;2*1-2/h5H,3-4H2,1-2H3;2*1-2H3. The molecule has 1 amide bonds. The van der Waals surface area contributed by atoms with Crippen LogP contribution in [0.3, 0.4) is 0 Å². The highest BCUT2D eigenvalue weighted by molar-refractivity contribution is 5.78. The van der Waals surface area contributed by atoms with Crippen molar-refractivity contribution in [3.05, 3.63) is 0 Å². The molecule has 74 valence electrons. The number of nitrogens with zero attached hydrogens (tertiary/aromatic N) is 1. The van der Waals surface area contributed by atoms with Crippen molar-refractivity contribution in [1.82, 2.24) is 4.90 Å². The van der Waals surface area contributed by atoms with Gasteiger partial charge in [0.15, 0.2) is 0 Å². The Morgan fingerprint density at radius 3 is 1.75 bits per heavy atom. The normalized spacial score (nSPS) is 20.7. The van der Waals surface area contributed by atoms with Gasteiger partial charge in [0.25, 0.3) is 0 Å². The van der Waals surface area contributed by atoms with E-state index in [4.69, 9.17) is 0 Å². The molecule has 1 rings (SSSR count). The third-order valence-electron chi connectivity index (χ3n) is 1.83. The van der Waals surface area contributed by atoms with Crippen LogP contribution in [-0.2, 0) is 4.79 Å². The van der Waals surface area contributed by atoms with E-state index >= 15 is 0 Å². The molecule has 1 aliphatic rings. The summed E-state index contributed by atoms with van der Waals surface area (Å²) in [6.07, 6.45) is 1.78. The van der Waals surface area contributed by atoms with Crippen molar-refractivity contribution in [3.8, 4) is 0 Å². The summed E-state index contributed by atoms with van der Waals surface area (Å²) in [5.74, 6) is 0.289. The highest BCUT2D eigenvalue weighted by Crippen LogP contribution is 2.14.